The number of ether oxygens (including phenoxy) is 2. The zero-order valence-corrected chi connectivity index (χ0v) is 19.1. The van der Waals surface area contributed by atoms with E-state index in [1.807, 2.05) is 0 Å². The van der Waals surface area contributed by atoms with E-state index >= 15 is 0 Å². The van der Waals surface area contributed by atoms with Gasteiger partial charge in [-0.05, 0) is 55.5 Å². The van der Waals surface area contributed by atoms with Crippen molar-refractivity contribution in [3.05, 3.63) is 52.1 Å². The summed E-state index contributed by atoms with van der Waals surface area (Å²) in [5.41, 5.74) is -1.26. The molecule has 0 bridgehead atoms. The third-order valence-corrected chi connectivity index (χ3v) is 6.50. The van der Waals surface area contributed by atoms with Crippen molar-refractivity contribution >= 4 is 17.7 Å². The predicted octanol–water partition coefficient (Wildman–Crippen LogP) is 2.37. The highest BCUT2D eigenvalue weighted by atomic mass is 32.2. The highest BCUT2D eigenvalue weighted by Crippen LogP contribution is 2.43. The lowest BCUT2D eigenvalue weighted by Crippen LogP contribution is -2.41. The van der Waals surface area contributed by atoms with Gasteiger partial charge in [0, 0.05) is 24.4 Å². The van der Waals surface area contributed by atoms with Crippen LogP contribution < -0.4 is 20.2 Å². The van der Waals surface area contributed by atoms with Crippen molar-refractivity contribution in [1.29, 1.82) is 0 Å². The van der Waals surface area contributed by atoms with E-state index in [-0.39, 0.29) is 31.2 Å². The summed E-state index contributed by atoms with van der Waals surface area (Å²) in [7, 11) is 1.58. The van der Waals surface area contributed by atoms with Gasteiger partial charge in [0.05, 0.1) is 7.11 Å². The monoisotopic (exact) mass is 463 g/mol. The van der Waals surface area contributed by atoms with Crippen molar-refractivity contribution in [2.75, 3.05) is 31.8 Å². The van der Waals surface area contributed by atoms with Crippen LogP contribution in [0.4, 0.5) is 0 Å². The van der Waals surface area contributed by atoms with Gasteiger partial charge in [-0.3, -0.25) is 9.59 Å². The Labute approximate surface area is 190 Å². The molecule has 0 spiro atoms. The van der Waals surface area contributed by atoms with Gasteiger partial charge >= 0.3 is 0 Å². The Bertz CT molecular complexity index is 967. The summed E-state index contributed by atoms with van der Waals surface area (Å²) in [6.07, 6.45) is 0.367. The summed E-state index contributed by atoms with van der Waals surface area (Å²) < 4.78 is 16.4. The molecular formula is C23H29NO7S. The molecule has 1 aliphatic heterocycles. The number of aromatic hydroxyl groups is 1. The van der Waals surface area contributed by atoms with E-state index in [1.165, 1.54) is 6.07 Å². The van der Waals surface area contributed by atoms with E-state index in [2.05, 4.69) is 5.32 Å². The fourth-order valence-corrected chi connectivity index (χ4v) is 5.01. The number of nitrogens with one attached hydrogen (secondary N) is 1. The van der Waals surface area contributed by atoms with E-state index < -0.39 is 22.7 Å². The maximum absolute atomic E-state index is 12.7. The van der Waals surface area contributed by atoms with Gasteiger partial charge in [-0.25, -0.2) is 0 Å². The maximum atomic E-state index is 12.7. The zero-order chi connectivity index (χ0) is 23.1. The summed E-state index contributed by atoms with van der Waals surface area (Å²) >= 11 is 1.76. The number of aliphatic hydroxyl groups excluding tert-OH is 1. The Hall–Kier alpha value is -2.65. The first-order chi connectivity index (χ1) is 15.3. The van der Waals surface area contributed by atoms with E-state index in [4.69, 9.17) is 13.9 Å². The van der Waals surface area contributed by atoms with Crippen molar-refractivity contribution in [3.8, 4) is 17.2 Å². The van der Waals surface area contributed by atoms with Gasteiger partial charge in [0.2, 0.25) is 17.1 Å². The average Bonchev–Trinajstić information content (AvgIpc) is 2.79. The van der Waals surface area contributed by atoms with E-state index in [9.17, 15) is 19.8 Å². The summed E-state index contributed by atoms with van der Waals surface area (Å²) in [4.78, 5) is 24.8. The number of methoxy groups -OCH3 is 1. The summed E-state index contributed by atoms with van der Waals surface area (Å²) in [6, 6.07) is 8.21. The molecule has 3 N–H and O–H groups in total. The number of amides is 1. The number of carbonyl (C=O) groups excluding carboxylic acids is 1. The zero-order valence-electron chi connectivity index (χ0n) is 18.3. The first-order valence-electron chi connectivity index (χ1n) is 10.5. The molecule has 1 aliphatic rings. The van der Waals surface area contributed by atoms with Crippen molar-refractivity contribution in [3.63, 3.8) is 0 Å². The normalized spacial score (nSPS) is 16.2. The molecule has 9 heteroatoms. The van der Waals surface area contributed by atoms with Crippen molar-refractivity contribution < 1.29 is 28.9 Å². The SMILES string of the molecule is COc1ccc(OCC(O)CNC(=O)CC2(c3oc(C)cc(=O)c3O)CCSCC2)cc1. The van der Waals surface area contributed by atoms with Gasteiger partial charge in [0.15, 0.2) is 5.76 Å². The first kappa shape index (κ1) is 24.0. The second kappa shape index (κ2) is 10.8. The fourth-order valence-electron chi connectivity index (χ4n) is 3.73. The standard InChI is InChI=1S/C23H29NO7S/c1-15-11-19(26)21(28)22(31-15)23(7-9-32-10-8-23)12-20(27)24-13-16(25)14-30-18-5-3-17(29-2)4-6-18/h3-6,11,16,25,28H,7-10,12-14H2,1-2H3,(H,24,27). The van der Waals surface area contributed by atoms with Gasteiger partial charge in [0.1, 0.15) is 30.0 Å². The number of hydrogen-bond acceptors (Lipinski definition) is 8. The molecule has 1 fully saturated rings. The quantitative estimate of drug-likeness (QED) is 0.519. The number of rotatable bonds is 9. The topological polar surface area (TPSA) is 118 Å². The minimum absolute atomic E-state index is 0.0158. The summed E-state index contributed by atoms with van der Waals surface area (Å²) in [6.45, 7) is 1.68. The van der Waals surface area contributed by atoms with Crippen LogP contribution in [0, 0.1) is 6.92 Å². The molecule has 0 saturated carbocycles. The number of carbonyl (C=O) groups is 1. The van der Waals surface area contributed by atoms with Gasteiger partial charge < -0.3 is 29.4 Å². The third-order valence-electron chi connectivity index (χ3n) is 5.51. The maximum Gasteiger partial charge on any atom is 0.227 e. The molecule has 2 heterocycles. The van der Waals surface area contributed by atoms with Gasteiger partial charge in [-0.2, -0.15) is 11.8 Å². The third kappa shape index (κ3) is 5.98. The molecule has 1 amide bonds. The molecule has 8 nitrogen and oxygen atoms in total. The Morgan fingerprint density at radius 2 is 1.91 bits per heavy atom. The summed E-state index contributed by atoms with van der Waals surface area (Å²) in [5, 5.41) is 23.3. The van der Waals surface area contributed by atoms with E-state index in [0.717, 1.165) is 11.5 Å². The van der Waals surface area contributed by atoms with Gasteiger partial charge in [0.25, 0.3) is 0 Å². The number of aryl methyl sites for hydroxylation is 1. The van der Waals surface area contributed by atoms with Crippen LogP contribution in [-0.2, 0) is 10.2 Å². The van der Waals surface area contributed by atoms with Crippen LogP contribution in [0.5, 0.6) is 17.2 Å². The fraction of sp³-hybridized carbons (Fsp3) is 0.478. The van der Waals surface area contributed by atoms with Crippen LogP contribution in [0.3, 0.4) is 0 Å². The lowest BCUT2D eigenvalue weighted by Gasteiger charge is -2.35. The summed E-state index contributed by atoms with van der Waals surface area (Å²) in [5.74, 6) is 2.74. The van der Waals surface area contributed by atoms with Crippen LogP contribution in [0.1, 0.15) is 30.8 Å². The minimum atomic E-state index is -0.899. The van der Waals surface area contributed by atoms with Crippen LogP contribution in [-0.4, -0.2) is 54.0 Å². The van der Waals surface area contributed by atoms with Crippen molar-refractivity contribution in [2.24, 2.45) is 0 Å². The second-order valence-electron chi connectivity index (χ2n) is 7.91. The lowest BCUT2D eigenvalue weighted by atomic mass is 9.75. The Morgan fingerprint density at radius 1 is 1.25 bits per heavy atom. The van der Waals surface area contributed by atoms with Crippen LogP contribution >= 0.6 is 11.8 Å². The molecule has 1 saturated heterocycles. The van der Waals surface area contributed by atoms with Gasteiger partial charge in [-0.1, -0.05) is 0 Å². The molecule has 1 aromatic heterocycles. The molecule has 1 aromatic carbocycles. The van der Waals surface area contributed by atoms with E-state index in [0.29, 0.717) is 30.1 Å². The second-order valence-corrected chi connectivity index (χ2v) is 9.14. The van der Waals surface area contributed by atoms with Crippen molar-refractivity contribution in [2.45, 2.75) is 37.7 Å². The molecule has 0 radical (unpaired) electrons. The molecule has 32 heavy (non-hydrogen) atoms. The molecular weight excluding hydrogens is 434 g/mol. The molecule has 1 unspecified atom stereocenters. The smallest absolute Gasteiger partial charge is 0.227 e. The molecule has 1 atom stereocenters. The number of aliphatic hydroxyl groups is 1. The Morgan fingerprint density at radius 3 is 2.56 bits per heavy atom. The average molecular weight is 464 g/mol. The van der Waals surface area contributed by atoms with Gasteiger partial charge in [-0.15, -0.1) is 0 Å². The van der Waals surface area contributed by atoms with Crippen LogP contribution in [0.25, 0.3) is 0 Å². The van der Waals surface area contributed by atoms with E-state index in [1.54, 1.807) is 50.1 Å². The Kier molecular flexibility index (Phi) is 8.09. The van der Waals surface area contributed by atoms with Crippen LogP contribution in [0.15, 0.2) is 39.5 Å². The molecule has 0 aliphatic carbocycles. The Balaban J connectivity index is 1.59. The highest BCUT2D eigenvalue weighted by Gasteiger charge is 2.41. The number of hydrogen-bond donors (Lipinski definition) is 3. The number of thioether (sulfide) groups is 1. The molecule has 2 aromatic rings. The van der Waals surface area contributed by atoms with Crippen LogP contribution in [0.2, 0.25) is 0 Å². The minimum Gasteiger partial charge on any atom is -0.502 e. The highest BCUT2D eigenvalue weighted by molar-refractivity contribution is 7.99. The van der Waals surface area contributed by atoms with Crippen molar-refractivity contribution in [1.82, 2.24) is 5.32 Å². The predicted molar refractivity (Wildman–Crippen MR) is 122 cm³/mol. The number of benzene rings is 1. The first-order valence-corrected chi connectivity index (χ1v) is 11.6. The molecule has 3 rings (SSSR count). The lowest BCUT2D eigenvalue weighted by molar-refractivity contribution is -0.123. The molecule has 174 valence electrons. The largest absolute Gasteiger partial charge is 0.502 e.